The van der Waals surface area contributed by atoms with E-state index in [1.54, 1.807) is 0 Å². The van der Waals surface area contributed by atoms with E-state index >= 15 is 0 Å². The molecule has 0 aliphatic carbocycles. The van der Waals surface area contributed by atoms with Gasteiger partial charge in [0.25, 0.3) is 0 Å². The van der Waals surface area contributed by atoms with Gasteiger partial charge in [0, 0.05) is 17.6 Å². The first-order valence-corrected chi connectivity index (χ1v) is 12.7. The molecule has 0 aliphatic rings. The molecule has 0 rings (SSSR count). The summed E-state index contributed by atoms with van der Waals surface area (Å²) in [4.78, 5) is 0. The fourth-order valence-electron chi connectivity index (χ4n) is 1.00. The average molecular weight is 273 g/mol. The predicted molar refractivity (Wildman–Crippen MR) is 71.8 cm³/mol. The van der Waals surface area contributed by atoms with Crippen LogP contribution in [0.3, 0.4) is 0 Å². The van der Waals surface area contributed by atoms with Gasteiger partial charge in [-0.2, -0.15) is 0 Å². The van der Waals surface area contributed by atoms with Crippen LogP contribution in [-0.4, -0.2) is 34.0 Å². The average Bonchev–Trinajstić information content (AvgIpc) is 2.13. The van der Waals surface area contributed by atoms with E-state index in [1.165, 1.54) is 6.04 Å². The standard InChI is InChI=1S/C9H22Cl2OSi2/c1-13(2,8-10)7-5-6-12-14(3,4)9-11/h5-9H2,1-4H3. The molecule has 86 valence electrons. The molecule has 0 aromatic carbocycles. The Morgan fingerprint density at radius 2 is 1.57 bits per heavy atom. The molecule has 0 saturated carbocycles. The molecule has 1 nitrogen and oxygen atoms in total. The van der Waals surface area contributed by atoms with Crippen LogP contribution < -0.4 is 0 Å². The van der Waals surface area contributed by atoms with Crippen LogP contribution in [0.4, 0.5) is 0 Å². The molecule has 0 amide bonds. The van der Waals surface area contributed by atoms with Crippen molar-refractivity contribution in [3.63, 3.8) is 0 Å². The molecule has 0 spiro atoms. The Bertz CT molecular complexity index is 145. The Morgan fingerprint density at radius 3 is 2.00 bits per heavy atom. The monoisotopic (exact) mass is 272 g/mol. The van der Waals surface area contributed by atoms with Gasteiger partial charge in [-0.15, -0.1) is 23.2 Å². The van der Waals surface area contributed by atoms with Crippen LogP contribution in [0.5, 0.6) is 0 Å². The fraction of sp³-hybridized carbons (Fsp3) is 1.00. The second-order valence-corrected chi connectivity index (χ2v) is 15.9. The lowest BCUT2D eigenvalue weighted by Crippen LogP contribution is -2.34. The third-order valence-corrected chi connectivity index (χ3v) is 10.3. The lowest BCUT2D eigenvalue weighted by atomic mass is 10.5. The minimum Gasteiger partial charge on any atom is -0.416 e. The SMILES string of the molecule is C[Si](C)(CCl)CCCO[Si](C)(C)CCl. The van der Waals surface area contributed by atoms with E-state index in [9.17, 15) is 0 Å². The van der Waals surface area contributed by atoms with Crippen molar-refractivity contribution in [2.75, 3.05) is 17.6 Å². The van der Waals surface area contributed by atoms with Crippen molar-refractivity contribution in [3.8, 4) is 0 Å². The zero-order valence-corrected chi connectivity index (χ0v) is 13.2. The molecule has 0 heterocycles. The smallest absolute Gasteiger partial charge is 0.201 e. The Hall–Kier alpha value is 0.974. The summed E-state index contributed by atoms with van der Waals surface area (Å²) >= 11 is 11.7. The highest BCUT2D eigenvalue weighted by atomic mass is 35.5. The van der Waals surface area contributed by atoms with Gasteiger partial charge >= 0.3 is 0 Å². The molecule has 0 aromatic heterocycles. The molecular weight excluding hydrogens is 251 g/mol. The minimum atomic E-state index is -1.54. The third kappa shape index (κ3) is 7.29. The summed E-state index contributed by atoms with van der Waals surface area (Å²) in [7, 11) is -2.65. The number of hydrogen-bond donors (Lipinski definition) is 0. The highest BCUT2D eigenvalue weighted by Crippen LogP contribution is 2.15. The molecule has 0 fully saturated rings. The molecule has 0 saturated heterocycles. The largest absolute Gasteiger partial charge is 0.416 e. The molecule has 0 aromatic rings. The first-order chi connectivity index (χ1) is 6.33. The van der Waals surface area contributed by atoms with Gasteiger partial charge in [0.1, 0.15) is 0 Å². The lowest BCUT2D eigenvalue weighted by Gasteiger charge is -2.22. The van der Waals surface area contributed by atoms with Crippen LogP contribution in [0.25, 0.3) is 0 Å². The molecule has 0 radical (unpaired) electrons. The number of alkyl halides is 2. The maximum Gasteiger partial charge on any atom is 0.201 e. The Morgan fingerprint density at radius 1 is 1.00 bits per heavy atom. The zero-order chi connectivity index (χ0) is 11.2. The van der Waals surface area contributed by atoms with Crippen molar-refractivity contribution in [1.82, 2.24) is 0 Å². The Kier molecular flexibility index (Phi) is 6.99. The molecule has 14 heavy (non-hydrogen) atoms. The maximum absolute atomic E-state index is 5.90. The van der Waals surface area contributed by atoms with E-state index < -0.39 is 16.4 Å². The zero-order valence-electron chi connectivity index (χ0n) is 9.70. The van der Waals surface area contributed by atoms with Crippen molar-refractivity contribution in [3.05, 3.63) is 0 Å². The van der Waals surface area contributed by atoms with Crippen LogP contribution in [0.2, 0.25) is 32.2 Å². The van der Waals surface area contributed by atoms with Gasteiger partial charge in [-0.25, -0.2) is 0 Å². The van der Waals surface area contributed by atoms with Crippen LogP contribution >= 0.6 is 23.2 Å². The highest BCUT2D eigenvalue weighted by molar-refractivity contribution is 6.83. The van der Waals surface area contributed by atoms with E-state index in [1.807, 2.05) is 0 Å². The molecule has 0 bridgehead atoms. The number of hydrogen-bond acceptors (Lipinski definition) is 1. The normalized spacial score (nSPS) is 13.3. The second kappa shape index (κ2) is 6.53. The summed E-state index contributed by atoms with van der Waals surface area (Å²) in [6.07, 6.45) is 1.14. The molecular formula is C9H22Cl2OSi2. The Labute approximate surface area is 100 Å². The topological polar surface area (TPSA) is 9.23 Å². The van der Waals surface area contributed by atoms with Gasteiger partial charge in [-0.1, -0.05) is 19.1 Å². The third-order valence-electron chi connectivity index (χ3n) is 2.17. The van der Waals surface area contributed by atoms with Crippen molar-refractivity contribution >= 4 is 39.6 Å². The first kappa shape index (κ1) is 15.0. The summed E-state index contributed by atoms with van der Waals surface area (Å²) in [6, 6.07) is 1.25. The van der Waals surface area contributed by atoms with Gasteiger partial charge in [0.15, 0.2) is 0 Å². The summed E-state index contributed by atoms with van der Waals surface area (Å²) < 4.78 is 5.80. The van der Waals surface area contributed by atoms with Crippen molar-refractivity contribution in [2.45, 2.75) is 38.7 Å². The van der Waals surface area contributed by atoms with E-state index in [0.29, 0.717) is 5.50 Å². The summed E-state index contributed by atoms with van der Waals surface area (Å²) in [5, 5.41) is 0. The molecule has 5 heteroatoms. The fourth-order valence-corrected chi connectivity index (χ4v) is 3.65. The van der Waals surface area contributed by atoms with E-state index in [4.69, 9.17) is 27.6 Å². The molecule has 0 aliphatic heterocycles. The summed E-state index contributed by atoms with van der Waals surface area (Å²) in [6.45, 7) is 9.82. The second-order valence-electron chi connectivity index (χ2n) is 5.14. The van der Waals surface area contributed by atoms with Gasteiger partial charge in [0.05, 0.1) is 8.07 Å². The number of halogens is 2. The quantitative estimate of drug-likeness (QED) is 0.389. The van der Waals surface area contributed by atoms with E-state index in [0.717, 1.165) is 18.5 Å². The lowest BCUT2D eigenvalue weighted by molar-refractivity contribution is 0.310. The van der Waals surface area contributed by atoms with E-state index in [2.05, 4.69) is 26.2 Å². The summed E-state index contributed by atoms with van der Waals surface area (Å²) in [5.41, 5.74) is 1.53. The van der Waals surface area contributed by atoms with Crippen molar-refractivity contribution in [1.29, 1.82) is 0 Å². The van der Waals surface area contributed by atoms with Crippen molar-refractivity contribution < 1.29 is 4.43 Å². The molecule has 0 unspecified atom stereocenters. The molecule has 0 N–H and O–H groups in total. The molecule has 0 atom stereocenters. The van der Waals surface area contributed by atoms with Gasteiger partial charge < -0.3 is 4.43 Å². The summed E-state index contributed by atoms with van der Waals surface area (Å²) in [5.74, 6) is 0. The van der Waals surface area contributed by atoms with Crippen LogP contribution in [0.1, 0.15) is 6.42 Å². The van der Waals surface area contributed by atoms with Gasteiger partial charge in [-0.05, 0) is 19.5 Å². The van der Waals surface area contributed by atoms with Crippen LogP contribution in [0, 0.1) is 0 Å². The van der Waals surface area contributed by atoms with E-state index in [-0.39, 0.29) is 0 Å². The van der Waals surface area contributed by atoms with Gasteiger partial charge in [-0.3, -0.25) is 0 Å². The predicted octanol–water partition coefficient (Wildman–Crippen LogP) is 3.86. The maximum atomic E-state index is 5.90. The van der Waals surface area contributed by atoms with Crippen molar-refractivity contribution in [2.24, 2.45) is 0 Å². The Balaban J connectivity index is 3.57. The minimum absolute atomic E-state index is 0.684. The van der Waals surface area contributed by atoms with Crippen LogP contribution in [-0.2, 0) is 4.43 Å². The number of rotatable bonds is 7. The highest BCUT2D eigenvalue weighted by Gasteiger charge is 2.22. The van der Waals surface area contributed by atoms with Gasteiger partial charge in [0.2, 0.25) is 8.32 Å². The van der Waals surface area contributed by atoms with Crippen LogP contribution in [0.15, 0.2) is 0 Å². The first-order valence-electron chi connectivity index (χ1n) is 5.09.